The number of ether oxygens (including phenoxy) is 2. The van der Waals surface area contributed by atoms with Gasteiger partial charge in [0.2, 0.25) is 0 Å². The maximum absolute atomic E-state index is 10.2. The zero-order chi connectivity index (χ0) is 12.0. The third-order valence-corrected chi connectivity index (χ3v) is 3.91. The minimum Gasteiger partial charge on any atom is -0.497 e. The van der Waals surface area contributed by atoms with Crippen LogP contribution < -0.4 is 9.47 Å². The molecule has 0 radical (unpaired) electrons. The second kappa shape index (κ2) is 3.64. The molecule has 0 unspecified atom stereocenters. The number of benzene rings is 1. The van der Waals surface area contributed by atoms with E-state index in [9.17, 15) is 5.11 Å². The molecule has 1 aromatic carbocycles. The van der Waals surface area contributed by atoms with E-state index in [-0.39, 0.29) is 5.60 Å². The Morgan fingerprint density at radius 2 is 2.12 bits per heavy atom. The number of hydrogen-bond acceptors (Lipinski definition) is 3. The average molecular weight is 234 g/mol. The molecule has 3 nitrogen and oxygen atoms in total. The molecular weight excluding hydrogens is 216 g/mol. The third kappa shape index (κ3) is 1.69. The topological polar surface area (TPSA) is 38.7 Å². The van der Waals surface area contributed by atoms with Gasteiger partial charge in [-0.2, -0.15) is 0 Å². The van der Waals surface area contributed by atoms with Crippen molar-refractivity contribution in [1.82, 2.24) is 0 Å². The van der Waals surface area contributed by atoms with Crippen LogP contribution in [0, 0.1) is 5.92 Å². The average Bonchev–Trinajstić information content (AvgIpc) is 2.27. The van der Waals surface area contributed by atoms with Crippen molar-refractivity contribution in [2.75, 3.05) is 7.11 Å². The van der Waals surface area contributed by atoms with E-state index in [0.717, 1.165) is 29.9 Å². The summed E-state index contributed by atoms with van der Waals surface area (Å²) in [4.78, 5) is 0. The molecule has 1 aromatic rings. The fraction of sp³-hybridized carbons (Fsp3) is 0.571. The van der Waals surface area contributed by atoms with Gasteiger partial charge in [0.05, 0.1) is 13.2 Å². The van der Waals surface area contributed by atoms with E-state index < -0.39 is 6.10 Å². The van der Waals surface area contributed by atoms with Crippen LogP contribution in [0.25, 0.3) is 0 Å². The largest absolute Gasteiger partial charge is 0.497 e. The number of aliphatic hydroxyl groups excluding tert-OH is 1. The van der Waals surface area contributed by atoms with E-state index in [2.05, 4.69) is 6.92 Å². The Morgan fingerprint density at radius 1 is 1.35 bits per heavy atom. The number of hydrogen-bond donors (Lipinski definition) is 1. The lowest BCUT2D eigenvalue weighted by molar-refractivity contribution is -0.0926. The molecule has 1 atom stereocenters. The summed E-state index contributed by atoms with van der Waals surface area (Å²) in [5.74, 6) is 2.29. The number of fused-ring (bicyclic) bond motifs is 1. The van der Waals surface area contributed by atoms with E-state index in [4.69, 9.17) is 9.47 Å². The molecule has 17 heavy (non-hydrogen) atoms. The fourth-order valence-electron chi connectivity index (χ4n) is 3.20. The quantitative estimate of drug-likeness (QED) is 0.812. The lowest BCUT2D eigenvalue weighted by atomic mass is 9.67. The van der Waals surface area contributed by atoms with Crippen molar-refractivity contribution in [2.45, 2.75) is 37.9 Å². The van der Waals surface area contributed by atoms with Crippen molar-refractivity contribution >= 4 is 0 Å². The highest BCUT2D eigenvalue weighted by Gasteiger charge is 2.48. The Labute approximate surface area is 101 Å². The van der Waals surface area contributed by atoms with Crippen LogP contribution in [0.15, 0.2) is 18.2 Å². The Kier molecular flexibility index (Phi) is 2.33. The van der Waals surface area contributed by atoms with Gasteiger partial charge in [-0.3, -0.25) is 0 Å². The fourth-order valence-corrected chi connectivity index (χ4v) is 3.20. The van der Waals surface area contributed by atoms with E-state index in [1.807, 2.05) is 18.2 Å². The zero-order valence-electron chi connectivity index (χ0n) is 10.3. The molecule has 1 N–H and O–H groups in total. The van der Waals surface area contributed by atoms with Crippen molar-refractivity contribution in [3.8, 4) is 11.5 Å². The van der Waals surface area contributed by atoms with E-state index >= 15 is 0 Å². The predicted molar refractivity (Wildman–Crippen MR) is 64.3 cm³/mol. The van der Waals surface area contributed by atoms with Crippen LogP contribution in [0.5, 0.6) is 11.5 Å². The van der Waals surface area contributed by atoms with Gasteiger partial charge in [-0.1, -0.05) is 6.92 Å². The molecule has 0 aromatic heterocycles. The van der Waals surface area contributed by atoms with Gasteiger partial charge in [0.1, 0.15) is 17.1 Å². The highest BCUT2D eigenvalue weighted by atomic mass is 16.5. The molecule has 1 spiro atoms. The second-order valence-corrected chi connectivity index (χ2v) is 5.42. The molecule has 92 valence electrons. The van der Waals surface area contributed by atoms with Crippen molar-refractivity contribution in [2.24, 2.45) is 5.92 Å². The minimum atomic E-state index is -0.429. The summed E-state index contributed by atoms with van der Waals surface area (Å²) in [5.41, 5.74) is 0.745. The van der Waals surface area contributed by atoms with Crippen LogP contribution in [0.1, 0.15) is 37.9 Å². The number of aliphatic hydroxyl groups is 1. The predicted octanol–water partition coefficient (Wildman–Crippen LogP) is 2.68. The van der Waals surface area contributed by atoms with E-state index in [1.165, 1.54) is 0 Å². The molecule has 1 fully saturated rings. The normalized spacial score (nSPS) is 34.8. The highest BCUT2D eigenvalue weighted by Crippen LogP contribution is 2.51. The molecule has 1 aliphatic heterocycles. The summed E-state index contributed by atoms with van der Waals surface area (Å²) in [6, 6.07) is 5.66. The van der Waals surface area contributed by atoms with Crippen LogP contribution in [-0.4, -0.2) is 17.8 Å². The SMILES string of the molecule is COc1ccc2c(c1)[C@@H](O)CC1(CC(C)C1)O2. The lowest BCUT2D eigenvalue weighted by Crippen LogP contribution is -2.51. The second-order valence-electron chi connectivity index (χ2n) is 5.42. The minimum absolute atomic E-state index is 0.111. The molecule has 1 saturated carbocycles. The smallest absolute Gasteiger partial charge is 0.126 e. The summed E-state index contributed by atoms with van der Waals surface area (Å²) in [6.07, 6.45) is 2.38. The van der Waals surface area contributed by atoms with Gasteiger partial charge in [-0.05, 0) is 37.0 Å². The van der Waals surface area contributed by atoms with Crippen molar-refractivity contribution < 1.29 is 14.6 Å². The summed E-state index contributed by atoms with van der Waals surface area (Å²) in [6.45, 7) is 2.23. The Morgan fingerprint density at radius 3 is 2.76 bits per heavy atom. The first-order chi connectivity index (χ1) is 8.12. The standard InChI is InChI=1S/C14H18O3/c1-9-6-14(7-9)8-12(15)11-5-10(16-2)3-4-13(11)17-14/h3-5,9,12,15H,6-8H2,1-2H3/t9?,12-,14?/m0/s1. The lowest BCUT2D eigenvalue weighted by Gasteiger charge is -2.50. The molecule has 3 heteroatoms. The first-order valence-electron chi connectivity index (χ1n) is 6.17. The van der Waals surface area contributed by atoms with Gasteiger partial charge in [-0.25, -0.2) is 0 Å². The molecule has 2 aliphatic rings. The van der Waals surface area contributed by atoms with Crippen LogP contribution in [0.2, 0.25) is 0 Å². The van der Waals surface area contributed by atoms with E-state index in [0.29, 0.717) is 12.3 Å². The van der Waals surface area contributed by atoms with Crippen molar-refractivity contribution in [3.63, 3.8) is 0 Å². The molecule has 0 bridgehead atoms. The molecule has 0 amide bonds. The third-order valence-electron chi connectivity index (χ3n) is 3.91. The maximum atomic E-state index is 10.2. The van der Waals surface area contributed by atoms with E-state index in [1.54, 1.807) is 7.11 Å². The molecule has 1 heterocycles. The first kappa shape index (κ1) is 10.9. The monoisotopic (exact) mass is 234 g/mol. The van der Waals surface area contributed by atoms with Gasteiger partial charge in [-0.15, -0.1) is 0 Å². The molecule has 3 rings (SSSR count). The first-order valence-corrected chi connectivity index (χ1v) is 6.17. The van der Waals surface area contributed by atoms with Crippen LogP contribution in [0.4, 0.5) is 0 Å². The van der Waals surface area contributed by atoms with Crippen LogP contribution in [-0.2, 0) is 0 Å². The Balaban J connectivity index is 1.92. The van der Waals surface area contributed by atoms with Crippen molar-refractivity contribution in [3.05, 3.63) is 23.8 Å². The summed E-state index contributed by atoms with van der Waals surface area (Å²) in [5, 5.41) is 10.2. The summed E-state index contributed by atoms with van der Waals surface area (Å²) >= 11 is 0. The Bertz CT molecular complexity index is 435. The van der Waals surface area contributed by atoms with Gasteiger partial charge in [0.15, 0.2) is 0 Å². The Hall–Kier alpha value is -1.22. The number of rotatable bonds is 1. The maximum Gasteiger partial charge on any atom is 0.126 e. The van der Waals surface area contributed by atoms with Gasteiger partial charge in [0, 0.05) is 12.0 Å². The van der Waals surface area contributed by atoms with Crippen molar-refractivity contribution in [1.29, 1.82) is 0 Å². The summed E-state index contributed by atoms with van der Waals surface area (Å²) in [7, 11) is 1.63. The zero-order valence-corrected chi connectivity index (χ0v) is 10.3. The number of methoxy groups -OCH3 is 1. The molecule has 0 saturated heterocycles. The molecule has 1 aliphatic carbocycles. The van der Waals surface area contributed by atoms with Crippen LogP contribution in [0.3, 0.4) is 0 Å². The van der Waals surface area contributed by atoms with Gasteiger partial charge >= 0.3 is 0 Å². The van der Waals surface area contributed by atoms with Crippen LogP contribution >= 0.6 is 0 Å². The highest BCUT2D eigenvalue weighted by molar-refractivity contribution is 5.44. The van der Waals surface area contributed by atoms with Gasteiger partial charge in [0.25, 0.3) is 0 Å². The van der Waals surface area contributed by atoms with Gasteiger partial charge < -0.3 is 14.6 Å². The summed E-state index contributed by atoms with van der Waals surface area (Å²) < 4.78 is 11.3. The molecular formula is C14H18O3.